The van der Waals surface area contributed by atoms with Crippen LogP contribution in [-0.4, -0.2) is 64.3 Å². The fourth-order valence-corrected chi connectivity index (χ4v) is 4.69. The van der Waals surface area contributed by atoms with E-state index >= 15 is 0 Å². The highest BCUT2D eigenvalue weighted by Crippen LogP contribution is 2.48. The summed E-state index contributed by atoms with van der Waals surface area (Å²) < 4.78 is 21.3. The first-order valence-electron chi connectivity index (χ1n) is 12.4. The number of ether oxygens (including phenoxy) is 4. The molecule has 2 aromatic carbocycles. The summed E-state index contributed by atoms with van der Waals surface area (Å²) >= 11 is 0. The van der Waals surface area contributed by atoms with Crippen LogP contribution in [0.2, 0.25) is 0 Å². The van der Waals surface area contributed by atoms with Crippen LogP contribution in [0, 0.1) is 11.3 Å². The number of anilines is 1. The summed E-state index contributed by atoms with van der Waals surface area (Å²) in [5.74, 6) is -3.07. The highest BCUT2D eigenvalue weighted by molar-refractivity contribution is 6.07. The molecule has 0 saturated carbocycles. The molecule has 1 aliphatic rings. The van der Waals surface area contributed by atoms with Crippen LogP contribution in [0.15, 0.2) is 65.1 Å². The van der Waals surface area contributed by atoms with Crippen LogP contribution < -0.4 is 20.1 Å². The van der Waals surface area contributed by atoms with Crippen LogP contribution in [-0.2, 0) is 19.1 Å². The molecule has 1 amide bonds. The molecule has 1 aliphatic heterocycles. The van der Waals surface area contributed by atoms with Crippen LogP contribution in [0.4, 0.5) is 5.69 Å². The monoisotopic (exact) mass is 548 g/mol. The van der Waals surface area contributed by atoms with E-state index in [1.807, 2.05) is 13.8 Å². The number of amides is 1. The van der Waals surface area contributed by atoms with Gasteiger partial charge in [0.05, 0.1) is 57.3 Å². The molecule has 0 saturated heterocycles. The van der Waals surface area contributed by atoms with Gasteiger partial charge in [-0.2, -0.15) is 5.26 Å². The molecule has 2 aromatic rings. The first kappa shape index (κ1) is 29.6. The molecular weight excluding hydrogens is 516 g/mol. The van der Waals surface area contributed by atoms with E-state index in [0.29, 0.717) is 18.7 Å². The molecule has 40 heavy (non-hydrogen) atoms. The summed E-state index contributed by atoms with van der Waals surface area (Å²) in [6.07, 6.45) is 0. The van der Waals surface area contributed by atoms with Gasteiger partial charge in [0.25, 0.3) is 5.91 Å². The van der Waals surface area contributed by atoms with Crippen molar-refractivity contribution in [3.63, 3.8) is 0 Å². The molecule has 0 radical (unpaired) electrons. The van der Waals surface area contributed by atoms with Crippen LogP contribution in [0.3, 0.4) is 0 Å². The van der Waals surface area contributed by atoms with Gasteiger partial charge in [-0.25, -0.2) is 9.59 Å². The van der Waals surface area contributed by atoms with E-state index in [0.717, 1.165) is 14.2 Å². The third kappa shape index (κ3) is 5.16. The number of carbonyl (C=O) groups is 3. The van der Waals surface area contributed by atoms with Gasteiger partial charge in [0, 0.05) is 18.7 Å². The van der Waals surface area contributed by atoms with E-state index in [9.17, 15) is 19.6 Å². The van der Waals surface area contributed by atoms with Gasteiger partial charge < -0.3 is 29.6 Å². The molecule has 0 aromatic heterocycles. The molecule has 1 atom stereocenters. The summed E-state index contributed by atoms with van der Waals surface area (Å²) in [6, 6.07) is 13.7. The Hall–Kier alpha value is -4.98. The third-order valence-electron chi connectivity index (χ3n) is 6.61. The minimum absolute atomic E-state index is 0.0271. The molecule has 210 valence electrons. The summed E-state index contributed by atoms with van der Waals surface area (Å²) in [5.41, 5.74) is 6.94. The second kappa shape index (κ2) is 12.7. The predicted octanol–water partition coefficient (Wildman–Crippen LogP) is 3.08. The van der Waals surface area contributed by atoms with Gasteiger partial charge in [0.15, 0.2) is 11.5 Å². The molecule has 11 heteroatoms. The number of carbonyl (C=O) groups excluding carboxylic acids is 3. The molecule has 3 rings (SSSR count). The maximum atomic E-state index is 13.4. The standard InChI is InChI=1S/C29H32N4O7/c1-7-32(8-2)27(34)18-14-20(25(38-4)21(15-18)37-3)33-24(29(36)40-6)23(28(35)39-5)22(19(16-30)26(33)31)17-12-10-9-11-13-17/h9-15,22H,7-8,31H2,1-6H3. The predicted molar refractivity (Wildman–Crippen MR) is 146 cm³/mol. The highest BCUT2D eigenvalue weighted by Gasteiger charge is 2.44. The van der Waals surface area contributed by atoms with E-state index < -0.39 is 17.9 Å². The van der Waals surface area contributed by atoms with Crippen molar-refractivity contribution >= 4 is 23.5 Å². The average molecular weight is 549 g/mol. The zero-order valence-corrected chi connectivity index (χ0v) is 23.3. The fourth-order valence-electron chi connectivity index (χ4n) is 4.69. The smallest absolute Gasteiger partial charge is 0.355 e. The van der Waals surface area contributed by atoms with Gasteiger partial charge in [-0.1, -0.05) is 30.3 Å². The van der Waals surface area contributed by atoms with E-state index in [2.05, 4.69) is 6.07 Å². The Morgan fingerprint density at radius 3 is 2.10 bits per heavy atom. The first-order valence-corrected chi connectivity index (χ1v) is 12.4. The number of rotatable bonds is 9. The molecule has 0 spiro atoms. The van der Waals surface area contributed by atoms with Crippen molar-refractivity contribution in [1.82, 2.24) is 4.90 Å². The summed E-state index contributed by atoms with van der Waals surface area (Å²) in [6.45, 7) is 4.58. The topological polar surface area (TPSA) is 144 Å². The minimum Gasteiger partial charge on any atom is -0.493 e. The number of hydrogen-bond donors (Lipinski definition) is 1. The maximum absolute atomic E-state index is 13.4. The number of benzene rings is 2. The number of hydrogen-bond acceptors (Lipinski definition) is 10. The Bertz CT molecular complexity index is 1410. The second-order valence-corrected chi connectivity index (χ2v) is 8.54. The lowest BCUT2D eigenvalue weighted by atomic mass is 9.81. The van der Waals surface area contributed by atoms with E-state index in [1.54, 1.807) is 35.2 Å². The Balaban J connectivity index is 2.50. The molecular formula is C29H32N4O7. The molecule has 1 heterocycles. The normalized spacial score (nSPS) is 14.8. The number of nitrogens with zero attached hydrogens (tertiary/aromatic N) is 3. The van der Waals surface area contributed by atoms with Crippen LogP contribution in [0.5, 0.6) is 11.5 Å². The number of allylic oxidation sites excluding steroid dienone is 1. The van der Waals surface area contributed by atoms with Gasteiger partial charge in [-0.05, 0) is 31.5 Å². The highest BCUT2D eigenvalue weighted by atomic mass is 16.5. The van der Waals surface area contributed by atoms with Crippen molar-refractivity contribution in [2.24, 2.45) is 5.73 Å². The van der Waals surface area contributed by atoms with Gasteiger partial charge in [-0.3, -0.25) is 9.69 Å². The van der Waals surface area contributed by atoms with Crippen molar-refractivity contribution in [3.05, 3.63) is 76.3 Å². The SMILES string of the molecule is CCN(CC)C(=O)c1cc(OC)c(OC)c(N2C(N)=C(C#N)C(c3ccccc3)C(C(=O)OC)=C2C(=O)OC)c1. The Morgan fingerprint density at radius 2 is 1.60 bits per heavy atom. The van der Waals surface area contributed by atoms with E-state index in [4.69, 9.17) is 24.7 Å². The molecule has 0 aliphatic carbocycles. The zero-order valence-electron chi connectivity index (χ0n) is 23.3. The van der Waals surface area contributed by atoms with Gasteiger partial charge in [-0.15, -0.1) is 0 Å². The largest absolute Gasteiger partial charge is 0.493 e. The lowest BCUT2D eigenvalue weighted by Crippen LogP contribution is -2.41. The summed E-state index contributed by atoms with van der Waals surface area (Å²) in [5, 5.41) is 10.3. The number of nitrogens with two attached hydrogens (primary N) is 1. The van der Waals surface area contributed by atoms with E-state index in [-0.39, 0.29) is 51.3 Å². The lowest BCUT2D eigenvalue weighted by molar-refractivity contribution is -0.139. The van der Waals surface area contributed by atoms with E-state index in [1.165, 1.54) is 31.3 Å². The zero-order chi connectivity index (χ0) is 29.6. The van der Waals surface area contributed by atoms with Crippen molar-refractivity contribution in [2.75, 3.05) is 46.4 Å². The average Bonchev–Trinajstić information content (AvgIpc) is 2.99. The lowest BCUT2D eigenvalue weighted by Gasteiger charge is -2.36. The molecule has 0 fully saturated rings. The number of esters is 2. The molecule has 2 N–H and O–H groups in total. The second-order valence-electron chi connectivity index (χ2n) is 8.54. The van der Waals surface area contributed by atoms with Crippen LogP contribution >= 0.6 is 0 Å². The molecule has 1 unspecified atom stereocenters. The Kier molecular flexibility index (Phi) is 9.40. The Morgan fingerprint density at radius 1 is 0.975 bits per heavy atom. The number of nitriles is 1. The van der Waals surface area contributed by atoms with Crippen molar-refractivity contribution in [2.45, 2.75) is 19.8 Å². The fraction of sp³-hybridized carbons (Fsp3) is 0.310. The quantitative estimate of drug-likeness (QED) is 0.464. The first-order chi connectivity index (χ1) is 19.2. The summed E-state index contributed by atoms with van der Waals surface area (Å²) in [4.78, 5) is 42.9. The van der Waals surface area contributed by atoms with Crippen molar-refractivity contribution < 1.29 is 33.3 Å². The molecule has 11 nitrogen and oxygen atoms in total. The van der Waals surface area contributed by atoms with Crippen molar-refractivity contribution in [3.8, 4) is 17.6 Å². The molecule has 0 bridgehead atoms. The Labute approximate surface area is 232 Å². The van der Waals surface area contributed by atoms with Gasteiger partial charge >= 0.3 is 11.9 Å². The maximum Gasteiger partial charge on any atom is 0.355 e. The van der Waals surface area contributed by atoms with Crippen LogP contribution in [0.1, 0.15) is 35.7 Å². The van der Waals surface area contributed by atoms with Gasteiger partial charge in [0.2, 0.25) is 0 Å². The summed E-state index contributed by atoms with van der Waals surface area (Å²) in [7, 11) is 5.08. The van der Waals surface area contributed by atoms with Crippen LogP contribution in [0.25, 0.3) is 0 Å². The third-order valence-corrected chi connectivity index (χ3v) is 6.61. The number of methoxy groups -OCH3 is 4. The van der Waals surface area contributed by atoms with Crippen molar-refractivity contribution in [1.29, 1.82) is 5.26 Å². The van der Waals surface area contributed by atoms with Gasteiger partial charge in [0.1, 0.15) is 11.5 Å². The minimum atomic E-state index is -1.04.